The van der Waals surface area contributed by atoms with Crippen molar-refractivity contribution in [1.82, 2.24) is 14.5 Å². The molecule has 2 aromatic rings. The molecule has 0 aromatic carbocycles. The molecule has 2 heterocycles. The minimum Gasteiger partial charge on any atom is -0.384 e. The molecule has 0 amide bonds. The topological polar surface area (TPSA) is 54.8 Å². The van der Waals surface area contributed by atoms with Crippen molar-refractivity contribution in [2.75, 3.05) is 23.7 Å². The fourth-order valence-electron chi connectivity index (χ4n) is 1.75. The van der Waals surface area contributed by atoms with Crippen molar-refractivity contribution in [1.29, 1.82) is 0 Å². The molecule has 2 rings (SSSR count). The summed E-state index contributed by atoms with van der Waals surface area (Å²) in [6, 6.07) is 2.08. The van der Waals surface area contributed by atoms with Gasteiger partial charge in [-0.15, -0.1) is 0 Å². The molecule has 18 heavy (non-hydrogen) atoms. The first kappa shape index (κ1) is 12.4. The molecule has 5 heteroatoms. The number of aromatic nitrogens is 3. The Morgan fingerprint density at radius 3 is 2.72 bits per heavy atom. The highest BCUT2D eigenvalue weighted by molar-refractivity contribution is 5.53. The van der Waals surface area contributed by atoms with E-state index in [9.17, 15) is 0 Å². The summed E-state index contributed by atoms with van der Waals surface area (Å²) in [4.78, 5) is 8.21. The van der Waals surface area contributed by atoms with E-state index in [0.717, 1.165) is 37.4 Å². The Bertz CT molecular complexity index is 452. The summed E-state index contributed by atoms with van der Waals surface area (Å²) < 4.78 is 2.08. The summed E-state index contributed by atoms with van der Waals surface area (Å²) in [6.07, 6.45) is 10.4. The smallest absolute Gasteiger partial charge is 0.0945 e. The normalized spacial score (nSPS) is 10.3. The maximum atomic E-state index is 4.19. The summed E-state index contributed by atoms with van der Waals surface area (Å²) >= 11 is 0. The first-order valence-electron chi connectivity index (χ1n) is 6.27. The van der Waals surface area contributed by atoms with Gasteiger partial charge in [-0.3, -0.25) is 4.98 Å². The van der Waals surface area contributed by atoms with Crippen molar-refractivity contribution in [3.63, 3.8) is 0 Å². The first-order valence-corrected chi connectivity index (χ1v) is 6.27. The fourth-order valence-corrected chi connectivity index (χ4v) is 1.75. The van der Waals surface area contributed by atoms with Crippen LogP contribution in [0.15, 0.2) is 37.2 Å². The zero-order valence-corrected chi connectivity index (χ0v) is 10.6. The molecule has 0 aliphatic carbocycles. The van der Waals surface area contributed by atoms with E-state index in [0.29, 0.717) is 0 Å². The van der Waals surface area contributed by atoms with Crippen molar-refractivity contribution < 1.29 is 0 Å². The summed E-state index contributed by atoms with van der Waals surface area (Å²) in [6.45, 7) is 4.89. The number of nitrogens with one attached hydrogen (secondary N) is 2. The lowest BCUT2D eigenvalue weighted by Gasteiger charge is -2.08. The number of hydrogen-bond acceptors (Lipinski definition) is 4. The van der Waals surface area contributed by atoms with Gasteiger partial charge < -0.3 is 15.2 Å². The quantitative estimate of drug-likeness (QED) is 0.734. The van der Waals surface area contributed by atoms with Crippen molar-refractivity contribution in [2.24, 2.45) is 0 Å². The van der Waals surface area contributed by atoms with Crippen LogP contribution in [-0.2, 0) is 6.54 Å². The molecular formula is C13H19N5. The highest BCUT2D eigenvalue weighted by Crippen LogP contribution is 2.12. The Balaban J connectivity index is 1.74. The largest absolute Gasteiger partial charge is 0.384 e. The van der Waals surface area contributed by atoms with Crippen LogP contribution in [0, 0.1) is 0 Å². The van der Waals surface area contributed by atoms with Gasteiger partial charge in [0.2, 0.25) is 0 Å². The van der Waals surface area contributed by atoms with Crippen LogP contribution in [0.4, 0.5) is 11.4 Å². The zero-order valence-electron chi connectivity index (χ0n) is 10.6. The van der Waals surface area contributed by atoms with E-state index in [1.165, 1.54) is 0 Å². The molecule has 0 bridgehead atoms. The number of nitrogens with zero attached hydrogens (tertiary/aromatic N) is 3. The van der Waals surface area contributed by atoms with Crippen LogP contribution in [0.3, 0.4) is 0 Å². The predicted molar refractivity (Wildman–Crippen MR) is 73.7 cm³/mol. The molecule has 0 aliphatic rings. The van der Waals surface area contributed by atoms with E-state index >= 15 is 0 Å². The van der Waals surface area contributed by atoms with Crippen LogP contribution < -0.4 is 10.6 Å². The van der Waals surface area contributed by atoms with Gasteiger partial charge in [-0.1, -0.05) is 0 Å². The van der Waals surface area contributed by atoms with Gasteiger partial charge in [0.1, 0.15) is 0 Å². The van der Waals surface area contributed by atoms with Crippen LogP contribution in [0.2, 0.25) is 0 Å². The summed E-state index contributed by atoms with van der Waals surface area (Å²) in [7, 11) is 0. The molecule has 0 spiro atoms. The third kappa shape index (κ3) is 3.76. The van der Waals surface area contributed by atoms with Gasteiger partial charge >= 0.3 is 0 Å². The molecule has 96 valence electrons. The van der Waals surface area contributed by atoms with Crippen LogP contribution in [0.25, 0.3) is 0 Å². The molecule has 5 nitrogen and oxygen atoms in total. The SMILES string of the molecule is CCNc1cncc(NCCCn2ccnc2)c1. The Labute approximate surface area is 107 Å². The molecule has 2 N–H and O–H groups in total. The highest BCUT2D eigenvalue weighted by atomic mass is 15.0. The summed E-state index contributed by atoms with van der Waals surface area (Å²) in [5.74, 6) is 0. The van der Waals surface area contributed by atoms with Crippen molar-refractivity contribution in [3.05, 3.63) is 37.2 Å². The lowest BCUT2D eigenvalue weighted by Crippen LogP contribution is -2.06. The van der Waals surface area contributed by atoms with Gasteiger partial charge in [0.05, 0.1) is 30.1 Å². The van der Waals surface area contributed by atoms with Crippen LogP contribution in [-0.4, -0.2) is 27.6 Å². The van der Waals surface area contributed by atoms with Gasteiger partial charge in [-0.05, 0) is 19.4 Å². The Kier molecular flexibility index (Phi) is 4.58. The van der Waals surface area contributed by atoms with Crippen molar-refractivity contribution in [2.45, 2.75) is 19.9 Å². The molecule has 0 saturated heterocycles. The molecule has 2 aromatic heterocycles. The monoisotopic (exact) mass is 245 g/mol. The van der Waals surface area contributed by atoms with Gasteiger partial charge in [0, 0.05) is 32.0 Å². The van der Waals surface area contributed by atoms with E-state index in [4.69, 9.17) is 0 Å². The van der Waals surface area contributed by atoms with Crippen molar-refractivity contribution >= 4 is 11.4 Å². The number of pyridine rings is 1. The average molecular weight is 245 g/mol. The summed E-state index contributed by atoms with van der Waals surface area (Å²) in [5.41, 5.74) is 2.11. The number of anilines is 2. The predicted octanol–water partition coefficient (Wildman–Crippen LogP) is 2.21. The molecule has 0 unspecified atom stereocenters. The number of imidazole rings is 1. The lowest BCUT2D eigenvalue weighted by atomic mass is 10.3. The third-order valence-corrected chi connectivity index (χ3v) is 2.60. The number of hydrogen-bond donors (Lipinski definition) is 2. The molecule has 0 aliphatic heterocycles. The van der Waals surface area contributed by atoms with E-state index in [1.54, 1.807) is 6.20 Å². The Morgan fingerprint density at radius 1 is 1.17 bits per heavy atom. The van der Waals surface area contributed by atoms with E-state index in [1.807, 2.05) is 24.9 Å². The molecule has 0 atom stereocenters. The highest BCUT2D eigenvalue weighted by Gasteiger charge is 1.95. The molecule has 0 fully saturated rings. The maximum Gasteiger partial charge on any atom is 0.0945 e. The number of rotatable bonds is 7. The molecule has 0 saturated carbocycles. The molecule has 0 radical (unpaired) electrons. The van der Waals surface area contributed by atoms with E-state index in [-0.39, 0.29) is 0 Å². The van der Waals surface area contributed by atoms with Crippen molar-refractivity contribution in [3.8, 4) is 0 Å². The Morgan fingerprint density at radius 2 is 2.00 bits per heavy atom. The maximum absolute atomic E-state index is 4.19. The summed E-state index contributed by atoms with van der Waals surface area (Å²) in [5, 5.41) is 6.62. The average Bonchev–Trinajstić information content (AvgIpc) is 2.89. The van der Waals surface area contributed by atoms with Gasteiger partial charge in [0.15, 0.2) is 0 Å². The zero-order chi connectivity index (χ0) is 12.6. The van der Waals surface area contributed by atoms with Crippen LogP contribution in [0.5, 0.6) is 0 Å². The lowest BCUT2D eigenvalue weighted by molar-refractivity contribution is 0.660. The van der Waals surface area contributed by atoms with E-state index in [2.05, 4.69) is 38.2 Å². The van der Waals surface area contributed by atoms with Crippen LogP contribution in [0.1, 0.15) is 13.3 Å². The second kappa shape index (κ2) is 6.64. The first-order chi connectivity index (χ1) is 8.88. The van der Waals surface area contributed by atoms with Gasteiger partial charge in [0.25, 0.3) is 0 Å². The number of aryl methyl sites for hydroxylation is 1. The second-order valence-electron chi connectivity index (χ2n) is 4.07. The van der Waals surface area contributed by atoms with Gasteiger partial charge in [-0.25, -0.2) is 4.98 Å². The minimum absolute atomic E-state index is 0.908. The van der Waals surface area contributed by atoms with E-state index < -0.39 is 0 Å². The van der Waals surface area contributed by atoms with Crippen LogP contribution >= 0.6 is 0 Å². The van der Waals surface area contributed by atoms with Gasteiger partial charge in [-0.2, -0.15) is 0 Å². The third-order valence-electron chi connectivity index (χ3n) is 2.60. The molecular weight excluding hydrogens is 226 g/mol. The minimum atomic E-state index is 0.908. The fraction of sp³-hybridized carbons (Fsp3) is 0.385. The second-order valence-corrected chi connectivity index (χ2v) is 4.07. The standard InChI is InChI=1S/C13H19N5/c1-2-16-12-8-13(10-15-9-12)17-4-3-6-18-7-5-14-11-18/h5,7-11,16-17H,2-4,6H2,1H3. The Hall–Kier alpha value is -2.04.